The standard InChI is InChI=1S/C28H30N2O2/c1-5-31-22-16-12-19(13-17-22)24-18-25-23-8-6-7-9-26(23)32-27(30(25)29-24)20-10-14-21(15-11-20)28(2,3)4/h6-17,25,27H,5,18H2,1-4H3/t25-,27+/m0/s1. The first kappa shape index (κ1) is 20.6. The third-order valence-corrected chi connectivity index (χ3v) is 6.26. The van der Waals surface area contributed by atoms with Gasteiger partial charge >= 0.3 is 0 Å². The smallest absolute Gasteiger partial charge is 0.213 e. The molecule has 2 atom stereocenters. The topological polar surface area (TPSA) is 34.1 Å². The predicted octanol–water partition coefficient (Wildman–Crippen LogP) is 6.63. The van der Waals surface area contributed by atoms with E-state index in [0.29, 0.717) is 6.61 Å². The minimum absolute atomic E-state index is 0.119. The Morgan fingerprint density at radius 1 is 0.969 bits per heavy atom. The fourth-order valence-electron chi connectivity index (χ4n) is 4.49. The summed E-state index contributed by atoms with van der Waals surface area (Å²) in [6.45, 7) is 9.37. The van der Waals surface area contributed by atoms with E-state index in [-0.39, 0.29) is 17.7 Å². The maximum Gasteiger partial charge on any atom is 0.213 e. The van der Waals surface area contributed by atoms with Crippen LogP contribution in [0.3, 0.4) is 0 Å². The summed E-state index contributed by atoms with van der Waals surface area (Å²) >= 11 is 0. The Bertz CT molecular complexity index is 1130. The van der Waals surface area contributed by atoms with Gasteiger partial charge in [-0.15, -0.1) is 0 Å². The van der Waals surface area contributed by atoms with E-state index in [1.165, 1.54) is 11.1 Å². The molecule has 4 nitrogen and oxygen atoms in total. The Hall–Kier alpha value is -3.27. The van der Waals surface area contributed by atoms with Crippen molar-refractivity contribution in [2.24, 2.45) is 5.10 Å². The summed E-state index contributed by atoms with van der Waals surface area (Å²) in [5.41, 5.74) is 5.95. The Morgan fingerprint density at radius 2 is 1.69 bits per heavy atom. The van der Waals surface area contributed by atoms with Crippen LogP contribution in [0.5, 0.6) is 11.5 Å². The van der Waals surface area contributed by atoms with Gasteiger partial charge in [-0.3, -0.25) is 0 Å². The third-order valence-electron chi connectivity index (χ3n) is 6.26. The molecule has 3 aromatic rings. The van der Waals surface area contributed by atoms with Gasteiger partial charge in [-0.25, -0.2) is 5.01 Å². The van der Waals surface area contributed by atoms with Gasteiger partial charge in [-0.05, 0) is 53.8 Å². The molecular weight excluding hydrogens is 396 g/mol. The average Bonchev–Trinajstić information content (AvgIpc) is 3.25. The molecule has 2 heterocycles. The zero-order valence-corrected chi connectivity index (χ0v) is 19.2. The van der Waals surface area contributed by atoms with E-state index in [0.717, 1.165) is 34.8 Å². The molecule has 32 heavy (non-hydrogen) atoms. The summed E-state index contributed by atoms with van der Waals surface area (Å²) in [6, 6.07) is 25.5. The van der Waals surface area contributed by atoms with Gasteiger partial charge in [0.15, 0.2) is 0 Å². The lowest BCUT2D eigenvalue weighted by atomic mass is 9.86. The van der Waals surface area contributed by atoms with Crippen LogP contribution in [0.15, 0.2) is 77.9 Å². The SMILES string of the molecule is CCOc1ccc(C2=NN3[C@@H](c4ccc(C(C)(C)C)cc4)Oc4ccccc4[C@@H]3C2)cc1. The molecule has 0 N–H and O–H groups in total. The van der Waals surface area contributed by atoms with Crippen molar-refractivity contribution in [3.63, 3.8) is 0 Å². The summed E-state index contributed by atoms with van der Waals surface area (Å²) in [7, 11) is 0. The second kappa shape index (κ2) is 8.01. The van der Waals surface area contributed by atoms with Crippen molar-refractivity contribution < 1.29 is 9.47 Å². The molecule has 3 aromatic carbocycles. The highest BCUT2D eigenvalue weighted by molar-refractivity contribution is 6.02. The molecule has 0 saturated carbocycles. The maximum atomic E-state index is 6.49. The van der Waals surface area contributed by atoms with Gasteiger partial charge in [0, 0.05) is 17.5 Å². The summed E-state index contributed by atoms with van der Waals surface area (Å²) < 4.78 is 12.1. The number of hydrogen-bond donors (Lipinski definition) is 0. The van der Waals surface area contributed by atoms with E-state index in [2.05, 4.69) is 80.4 Å². The number of para-hydroxylation sites is 1. The van der Waals surface area contributed by atoms with E-state index in [1.54, 1.807) is 0 Å². The van der Waals surface area contributed by atoms with Crippen molar-refractivity contribution >= 4 is 5.71 Å². The molecule has 0 unspecified atom stereocenters. The quantitative estimate of drug-likeness (QED) is 0.470. The Labute approximate surface area is 190 Å². The van der Waals surface area contributed by atoms with Gasteiger partial charge in [0.05, 0.1) is 18.4 Å². The van der Waals surface area contributed by atoms with E-state index in [4.69, 9.17) is 14.6 Å². The van der Waals surface area contributed by atoms with Crippen LogP contribution in [0.4, 0.5) is 0 Å². The van der Waals surface area contributed by atoms with Gasteiger partial charge in [0.25, 0.3) is 0 Å². The number of ether oxygens (including phenoxy) is 2. The van der Waals surface area contributed by atoms with Crippen LogP contribution in [-0.4, -0.2) is 17.3 Å². The zero-order valence-electron chi connectivity index (χ0n) is 19.2. The lowest BCUT2D eigenvalue weighted by Crippen LogP contribution is -2.33. The highest BCUT2D eigenvalue weighted by Gasteiger charge is 2.40. The van der Waals surface area contributed by atoms with Crippen LogP contribution in [0.1, 0.15) is 68.6 Å². The van der Waals surface area contributed by atoms with Crippen LogP contribution in [0.25, 0.3) is 0 Å². The number of benzene rings is 3. The minimum atomic E-state index is -0.246. The lowest BCUT2D eigenvalue weighted by molar-refractivity contribution is -0.0190. The Morgan fingerprint density at radius 3 is 2.38 bits per heavy atom. The molecule has 0 aromatic heterocycles. The average molecular weight is 427 g/mol. The van der Waals surface area contributed by atoms with Crippen molar-refractivity contribution in [2.75, 3.05) is 6.61 Å². The van der Waals surface area contributed by atoms with Gasteiger partial charge in [0.1, 0.15) is 11.5 Å². The number of rotatable bonds is 4. The first-order chi connectivity index (χ1) is 15.4. The third kappa shape index (κ3) is 3.75. The molecule has 0 bridgehead atoms. The number of fused-ring (bicyclic) bond motifs is 3. The van der Waals surface area contributed by atoms with Crippen LogP contribution >= 0.6 is 0 Å². The van der Waals surface area contributed by atoms with Gasteiger partial charge in [-0.2, -0.15) is 5.10 Å². The van der Waals surface area contributed by atoms with Crippen molar-refractivity contribution in [2.45, 2.75) is 51.8 Å². The van der Waals surface area contributed by atoms with Gasteiger partial charge in [0.2, 0.25) is 6.23 Å². The van der Waals surface area contributed by atoms with Crippen molar-refractivity contribution in [3.8, 4) is 11.5 Å². The molecule has 0 amide bonds. The van der Waals surface area contributed by atoms with Crippen molar-refractivity contribution in [1.82, 2.24) is 5.01 Å². The van der Waals surface area contributed by atoms with E-state index < -0.39 is 0 Å². The molecule has 4 heteroatoms. The monoisotopic (exact) mass is 426 g/mol. The normalized spacial score (nSPS) is 19.6. The minimum Gasteiger partial charge on any atom is -0.494 e. The molecule has 5 rings (SSSR count). The van der Waals surface area contributed by atoms with E-state index in [1.807, 2.05) is 25.1 Å². The van der Waals surface area contributed by atoms with E-state index in [9.17, 15) is 0 Å². The highest BCUT2D eigenvalue weighted by atomic mass is 16.5. The van der Waals surface area contributed by atoms with Gasteiger partial charge < -0.3 is 9.47 Å². The number of hydrogen-bond acceptors (Lipinski definition) is 4. The summed E-state index contributed by atoms with van der Waals surface area (Å²) in [4.78, 5) is 0. The molecule has 0 aliphatic carbocycles. The Kier molecular flexibility index (Phi) is 5.16. The zero-order chi connectivity index (χ0) is 22.3. The maximum absolute atomic E-state index is 6.49. The first-order valence-corrected chi connectivity index (χ1v) is 11.4. The molecular formula is C28H30N2O2. The van der Waals surface area contributed by atoms with Crippen LogP contribution < -0.4 is 9.47 Å². The number of hydrazone groups is 1. The summed E-state index contributed by atoms with van der Waals surface area (Å²) in [5, 5.41) is 7.21. The van der Waals surface area contributed by atoms with E-state index >= 15 is 0 Å². The second-order valence-corrected chi connectivity index (χ2v) is 9.48. The predicted molar refractivity (Wildman–Crippen MR) is 128 cm³/mol. The molecule has 0 spiro atoms. The van der Waals surface area contributed by atoms with Crippen LogP contribution in [0, 0.1) is 0 Å². The van der Waals surface area contributed by atoms with Crippen molar-refractivity contribution in [1.29, 1.82) is 0 Å². The fourth-order valence-corrected chi connectivity index (χ4v) is 4.49. The largest absolute Gasteiger partial charge is 0.494 e. The Balaban J connectivity index is 1.50. The number of nitrogens with zero attached hydrogens (tertiary/aromatic N) is 2. The van der Waals surface area contributed by atoms with Crippen molar-refractivity contribution in [3.05, 3.63) is 95.1 Å². The molecule has 0 radical (unpaired) electrons. The fraction of sp³-hybridized carbons (Fsp3) is 0.321. The molecule has 0 saturated heterocycles. The first-order valence-electron chi connectivity index (χ1n) is 11.4. The summed E-state index contributed by atoms with van der Waals surface area (Å²) in [6.07, 6.45) is 0.606. The second-order valence-electron chi connectivity index (χ2n) is 9.48. The molecule has 164 valence electrons. The molecule has 0 fully saturated rings. The molecule has 2 aliphatic rings. The highest BCUT2D eigenvalue weighted by Crippen LogP contribution is 2.47. The van der Waals surface area contributed by atoms with Crippen LogP contribution in [0.2, 0.25) is 0 Å². The lowest BCUT2D eigenvalue weighted by Gasteiger charge is -2.38. The molecule has 2 aliphatic heterocycles. The summed E-state index contributed by atoms with van der Waals surface area (Å²) in [5.74, 6) is 1.83. The van der Waals surface area contributed by atoms with Crippen LogP contribution in [-0.2, 0) is 5.41 Å². The van der Waals surface area contributed by atoms with Gasteiger partial charge in [-0.1, -0.05) is 63.2 Å².